The summed E-state index contributed by atoms with van der Waals surface area (Å²) in [6.07, 6.45) is 2.20. The Labute approximate surface area is 110 Å². The van der Waals surface area contributed by atoms with Crippen molar-refractivity contribution in [2.45, 2.75) is 0 Å². The minimum Gasteiger partial charge on any atom is -0.506 e. The Hall–Kier alpha value is -0.600. The van der Waals surface area contributed by atoms with Gasteiger partial charge in [0.15, 0.2) is 0 Å². The molecule has 0 aliphatic rings. The predicted molar refractivity (Wildman–Crippen MR) is 69.1 cm³/mol. The number of phenolic OH excluding ortho intramolecular Hbond substituents is 1. The van der Waals surface area contributed by atoms with Crippen LogP contribution in [-0.2, 0) is 10.0 Å². The molecule has 0 saturated carbocycles. The smallest absolute Gasteiger partial charge is 0.244 e. The van der Waals surface area contributed by atoms with Gasteiger partial charge in [0.1, 0.15) is 5.75 Å². The van der Waals surface area contributed by atoms with Gasteiger partial charge in [-0.15, -0.1) is 0 Å². The van der Waals surface area contributed by atoms with Crippen LogP contribution in [0.3, 0.4) is 0 Å². The molecule has 0 amide bonds. The Kier molecular flexibility index (Phi) is 4.34. The topological polar surface area (TPSA) is 78.8 Å². The van der Waals surface area contributed by atoms with Gasteiger partial charge in [-0.05, 0) is 28.1 Å². The van der Waals surface area contributed by atoms with Crippen molar-refractivity contribution in [1.82, 2.24) is 4.83 Å². The van der Waals surface area contributed by atoms with E-state index in [0.29, 0.717) is 10.0 Å². The van der Waals surface area contributed by atoms with Gasteiger partial charge in [0.05, 0.1) is 16.9 Å². The molecule has 1 aromatic carbocycles. The van der Waals surface area contributed by atoms with Crippen LogP contribution in [0.4, 0.5) is 0 Å². The zero-order chi connectivity index (χ0) is 12.3. The highest BCUT2D eigenvalue weighted by atomic mass is 79.9. The number of hydrogen-bond acceptors (Lipinski definition) is 4. The quantitative estimate of drug-likeness (QED) is 0.628. The summed E-state index contributed by atoms with van der Waals surface area (Å²) in [5, 5.41) is 13.1. The number of rotatable bonds is 3. The van der Waals surface area contributed by atoms with Gasteiger partial charge in [0, 0.05) is 10.0 Å². The van der Waals surface area contributed by atoms with Crippen LogP contribution in [0.2, 0.25) is 0 Å². The van der Waals surface area contributed by atoms with Gasteiger partial charge in [-0.25, -0.2) is 13.2 Å². The fourth-order valence-electron chi connectivity index (χ4n) is 0.876. The number of phenols is 1. The third kappa shape index (κ3) is 4.11. The van der Waals surface area contributed by atoms with Gasteiger partial charge in [-0.1, -0.05) is 15.9 Å². The average molecular weight is 372 g/mol. The van der Waals surface area contributed by atoms with Gasteiger partial charge < -0.3 is 5.11 Å². The van der Waals surface area contributed by atoms with Crippen molar-refractivity contribution >= 4 is 48.1 Å². The van der Waals surface area contributed by atoms with E-state index in [1.807, 2.05) is 4.83 Å². The lowest BCUT2D eigenvalue weighted by molar-refractivity contribution is 0.471. The van der Waals surface area contributed by atoms with E-state index in [0.717, 1.165) is 10.7 Å². The fraction of sp³-hybridized carbons (Fsp3) is 0.125. The normalized spacial score (nSPS) is 11.9. The van der Waals surface area contributed by atoms with Gasteiger partial charge in [0.25, 0.3) is 0 Å². The molecule has 0 aliphatic carbocycles. The molecule has 8 heteroatoms. The van der Waals surface area contributed by atoms with Crippen LogP contribution in [0, 0.1) is 0 Å². The Morgan fingerprint density at radius 1 is 1.44 bits per heavy atom. The summed E-state index contributed by atoms with van der Waals surface area (Å²) in [5.41, 5.74) is 0.386. The Bertz CT molecular complexity index is 528. The third-order valence-corrected chi connectivity index (χ3v) is 2.98. The number of hydrogen-bond donors (Lipinski definition) is 2. The molecule has 1 aromatic rings. The second-order valence-electron chi connectivity index (χ2n) is 2.95. The van der Waals surface area contributed by atoms with E-state index in [1.165, 1.54) is 6.21 Å². The highest BCUT2D eigenvalue weighted by molar-refractivity contribution is 9.11. The maximum atomic E-state index is 10.7. The molecule has 16 heavy (non-hydrogen) atoms. The van der Waals surface area contributed by atoms with Crippen LogP contribution in [0.15, 0.2) is 26.2 Å². The maximum Gasteiger partial charge on any atom is 0.244 e. The third-order valence-electron chi connectivity index (χ3n) is 1.48. The molecular formula is C8H8Br2N2O3S. The van der Waals surface area contributed by atoms with Gasteiger partial charge >= 0.3 is 0 Å². The van der Waals surface area contributed by atoms with Crippen molar-refractivity contribution in [3.05, 3.63) is 26.6 Å². The van der Waals surface area contributed by atoms with Crippen LogP contribution >= 0.6 is 31.9 Å². The van der Waals surface area contributed by atoms with Gasteiger partial charge in [0.2, 0.25) is 10.0 Å². The zero-order valence-corrected chi connectivity index (χ0v) is 12.1. The summed E-state index contributed by atoms with van der Waals surface area (Å²) in [4.78, 5) is 1.94. The molecule has 0 fully saturated rings. The summed E-state index contributed by atoms with van der Waals surface area (Å²) in [5.74, 6) is -0.0118. The van der Waals surface area contributed by atoms with E-state index in [4.69, 9.17) is 0 Å². The van der Waals surface area contributed by atoms with Crippen LogP contribution in [0.1, 0.15) is 5.56 Å². The van der Waals surface area contributed by atoms with Gasteiger partial charge in [-0.3, -0.25) is 0 Å². The molecule has 0 radical (unpaired) electrons. The highest BCUT2D eigenvalue weighted by Crippen LogP contribution is 2.30. The van der Waals surface area contributed by atoms with Crippen molar-refractivity contribution in [2.75, 3.05) is 6.26 Å². The maximum absolute atomic E-state index is 10.7. The fourth-order valence-corrected chi connectivity index (χ4v) is 2.38. The number of aromatic hydroxyl groups is 1. The summed E-state index contributed by atoms with van der Waals surface area (Å²) < 4.78 is 22.7. The Balaban J connectivity index is 2.98. The number of benzene rings is 1. The number of nitrogens with zero attached hydrogens (tertiary/aromatic N) is 1. The van der Waals surface area contributed by atoms with E-state index < -0.39 is 10.0 Å². The Morgan fingerprint density at radius 3 is 2.62 bits per heavy atom. The molecular weight excluding hydrogens is 364 g/mol. The van der Waals surface area contributed by atoms with Gasteiger partial charge in [-0.2, -0.15) is 5.10 Å². The second kappa shape index (κ2) is 5.15. The lowest BCUT2D eigenvalue weighted by atomic mass is 10.2. The lowest BCUT2D eigenvalue weighted by Crippen LogP contribution is -2.15. The zero-order valence-electron chi connectivity index (χ0n) is 8.11. The second-order valence-corrected chi connectivity index (χ2v) is 6.44. The lowest BCUT2D eigenvalue weighted by Gasteiger charge is -2.02. The molecule has 0 bridgehead atoms. The molecule has 0 heterocycles. The molecule has 2 N–H and O–H groups in total. The standard InChI is InChI=1S/C8H8Br2N2O3S/c1-16(14,15)12-11-4-5-2-6(9)3-7(10)8(5)13/h2-4,12-13H,1H3/b11-4+. The summed E-state index contributed by atoms with van der Waals surface area (Å²) in [6, 6.07) is 3.27. The first-order valence-electron chi connectivity index (χ1n) is 3.97. The summed E-state index contributed by atoms with van der Waals surface area (Å²) in [7, 11) is -3.38. The first-order valence-corrected chi connectivity index (χ1v) is 7.45. The van der Waals surface area contributed by atoms with E-state index in [-0.39, 0.29) is 5.75 Å². The monoisotopic (exact) mass is 370 g/mol. The van der Waals surface area contributed by atoms with Crippen molar-refractivity contribution in [3.63, 3.8) is 0 Å². The molecule has 0 unspecified atom stereocenters. The van der Waals surface area contributed by atoms with Crippen LogP contribution in [-0.4, -0.2) is 26.0 Å². The number of sulfonamides is 1. The van der Waals surface area contributed by atoms with Crippen LogP contribution in [0.5, 0.6) is 5.75 Å². The summed E-state index contributed by atoms with van der Waals surface area (Å²) in [6.45, 7) is 0. The van der Waals surface area contributed by atoms with Crippen molar-refractivity contribution in [3.8, 4) is 5.75 Å². The Morgan fingerprint density at radius 2 is 2.06 bits per heavy atom. The first-order chi connectivity index (χ1) is 7.29. The van der Waals surface area contributed by atoms with E-state index in [9.17, 15) is 13.5 Å². The van der Waals surface area contributed by atoms with Crippen molar-refractivity contribution in [2.24, 2.45) is 5.10 Å². The van der Waals surface area contributed by atoms with E-state index >= 15 is 0 Å². The molecule has 0 aliphatic heterocycles. The summed E-state index contributed by atoms with van der Waals surface area (Å²) >= 11 is 6.39. The van der Waals surface area contributed by atoms with Crippen LogP contribution in [0.25, 0.3) is 0 Å². The largest absolute Gasteiger partial charge is 0.506 e. The first kappa shape index (κ1) is 13.5. The average Bonchev–Trinajstić information content (AvgIpc) is 2.11. The van der Waals surface area contributed by atoms with Crippen LogP contribution < -0.4 is 4.83 Å². The molecule has 0 aromatic heterocycles. The molecule has 0 saturated heterocycles. The molecule has 5 nitrogen and oxygen atoms in total. The minimum absolute atomic E-state index is 0.0118. The molecule has 88 valence electrons. The molecule has 0 spiro atoms. The van der Waals surface area contributed by atoms with E-state index in [1.54, 1.807) is 12.1 Å². The SMILES string of the molecule is CS(=O)(=O)N/N=C/c1cc(Br)cc(Br)c1O. The van der Waals surface area contributed by atoms with E-state index in [2.05, 4.69) is 37.0 Å². The minimum atomic E-state index is -3.38. The number of halogens is 2. The van der Waals surface area contributed by atoms with Crippen molar-refractivity contribution < 1.29 is 13.5 Å². The number of hydrazone groups is 1. The highest BCUT2D eigenvalue weighted by Gasteiger charge is 2.05. The molecule has 1 rings (SSSR count). The molecule has 0 atom stereocenters. The predicted octanol–water partition coefficient (Wildman–Crippen LogP) is 1.80. The van der Waals surface area contributed by atoms with Crippen molar-refractivity contribution in [1.29, 1.82) is 0 Å². The number of nitrogens with one attached hydrogen (secondary N) is 1.